The lowest BCUT2D eigenvalue weighted by atomic mass is 10.3. The third-order valence-electron chi connectivity index (χ3n) is 3.00. The van der Waals surface area contributed by atoms with E-state index < -0.39 is 0 Å². The maximum absolute atomic E-state index is 5.54. The standard InChI is InChI=1S/C16H17N3O2/c1-2-6-14(7-3-1)21-13-12-20-11-10-19-17-15-8-4-5-9-16(15)18-19/h1-9H,10-13H2. The number of rotatable bonds is 7. The van der Waals surface area contributed by atoms with E-state index >= 15 is 0 Å². The van der Waals surface area contributed by atoms with Gasteiger partial charge in [0.15, 0.2) is 0 Å². The lowest BCUT2D eigenvalue weighted by Gasteiger charge is -2.06. The smallest absolute Gasteiger partial charge is 0.119 e. The van der Waals surface area contributed by atoms with Crippen molar-refractivity contribution in [1.82, 2.24) is 15.0 Å². The number of ether oxygens (including phenoxy) is 2. The van der Waals surface area contributed by atoms with Gasteiger partial charge >= 0.3 is 0 Å². The highest BCUT2D eigenvalue weighted by Crippen LogP contribution is 2.08. The molecule has 0 fully saturated rings. The molecule has 0 aliphatic heterocycles. The van der Waals surface area contributed by atoms with Gasteiger partial charge in [-0.25, -0.2) is 0 Å². The lowest BCUT2D eigenvalue weighted by Crippen LogP contribution is -2.12. The maximum Gasteiger partial charge on any atom is 0.119 e. The van der Waals surface area contributed by atoms with Gasteiger partial charge in [-0.2, -0.15) is 15.0 Å². The molecule has 0 atom stereocenters. The molecular formula is C16H17N3O2. The molecule has 0 amide bonds. The van der Waals surface area contributed by atoms with Crippen molar-refractivity contribution in [3.05, 3.63) is 54.6 Å². The van der Waals surface area contributed by atoms with Crippen molar-refractivity contribution in [3.63, 3.8) is 0 Å². The fourth-order valence-corrected chi connectivity index (χ4v) is 1.99. The monoisotopic (exact) mass is 283 g/mol. The molecule has 0 bridgehead atoms. The first-order valence-electron chi connectivity index (χ1n) is 6.97. The molecule has 0 spiro atoms. The molecule has 0 aliphatic carbocycles. The van der Waals surface area contributed by atoms with E-state index in [1.54, 1.807) is 4.80 Å². The minimum atomic E-state index is 0.540. The highest BCUT2D eigenvalue weighted by Gasteiger charge is 2.00. The van der Waals surface area contributed by atoms with Crippen LogP contribution < -0.4 is 4.74 Å². The second kappa shape index (κ2) is 6.85. The van der Waals surface area contributed by atoms with Crippen LogP contribution in [0.4, 0.5) is 0 Å². The van der Waals surface area contributed by atoms with Crippen LogP contribution in [0.3, 0.4) is 0 Å². The summed E-state index contributed by atoms with van der Waals surface area (Å²) < 4.78 is 11.1. The Morgan fingerprint density at radius 2 is 1.43 bits per heavy atom. The molecule has 0 N–H and O–H groups in total. The molecular weight excluding hydrogens is 266 g/mol. The Balaban J connectivity index is 1.36. The predicted octanol–water partition coefficient (Wildman–Crippen LogP) is 2.53. The molecule has 0 radical (unpaired) electrons. The summed E-state index contributed by atoms with van der Waals surface area (Å²) in [6.07, 6.45) is 0. The Morgan fingerprint density at radius 1 is 0.762 bits per heavy atom. The zero-order chi connectivity index (χ0) is 14.3. The first-order valence-corrected chi connectivity index (χ1v) is 6.97. The predicted molar refractivity (Wildman–Crippen MR) is 80.3 cm³/mol. The SMILES string of the molecule is c1ccc(OCCOCCn2nc3ccccc3n2)cc1. The van der Waals surface area contributed by atoms with Crippen LogP contribution in [0.5, 0.6) is 5.75 Å². The van der Waals surface area contributed by atoms with Crippen LogP contribution in [0.25, 0.3) is 11.0 Å². The molecule has 5 heteroatoms. The Bertz CT molecular complexity index is 649. The van der Waals surface area contributed by atoms with E-state index in [-0.39, 0.29) is 0 Å². The van der Waals surface area contributed by atoms with Crippen molar-refractivity contribution in [1.29, 1.82) is 0 Å². The van der Waals surface area contributed by atoms with Crippen molar-refractivity contribution in [3.8, 4) is 5.75 Å². The Hall–Kier alpha value is -2.40. The fraction of sp³-hybridized carbons (Fsp3) is 0.250. The quantitative estimate of drug-likeness (QED) is 0.625. The molecule has 3 rings (SSSR count). The van der Waals surface area contributed by atoms with Crippen LogP contribution in [0.2, 0.25) is 0 Å². The molecule has 3 aromatic rings. The van der Waals surface area contributed by atoms with Crippen molar-refractivity contribution >= 4 is 11.0 Å². The maximum atomic E-state index is 5.54. The zero-order valence-corrected chi connectivity index (χ0v) is 11.7. The van der Waals surface area contributed by atoms with Crippen LogP contribution in [-0.4, -0.2) is 34.8 Å². The van der Waals surface area contributed by atoms with Gasteiger partial charge in [-0.1, -0.05) is 30.3 Å². The van der Waals surface area contributed by atoms with Gasteiger partial charge in [0.1, 0.15) is 23.4 Å². The minimum Gasteiger partial charge on any atom is -0.491 e. The summed E-state index contributed by atoms with van der Waals surface area (Å²) in [6.45, 7) is 2.30. The minimum absolute atomic E-state index is 0.540. The topological polar surface area (TPSA) is 49.2 Å². The molecule has 5 nitrogen and oxygen atoms in total. The fourth-order valence-electron chi connectivity index (χ4n) is 1.99. The van der Waals surface area contributed by atoms with Crippen LogP contribution in [0.1, 0.15) is 0 Å². The molecule has 0 unspecified atom stereocenters. The summed E-state index contributed by atoms with van der Waals surface area (Å²) in [6, 6.07) is 17.5. The van der Waals surface area contributed by atoms with Crippen LogP contribution in [0, 0.1) is 0 Å². The molecule has 1 aromatic heterocycles. The van der Waals surface area contributed by atoms with E-state index in [2.05, 4.69) is 10.2 Å². The van der Waals surface area contributed by atoms with Crippen molar-refractivity contribution in [2.45, 2.75) is 6.54 Å². The normalized spacial score (nSPS) is 10.9. The average molecular weight is 283 g/mol. The molecule has 1 heterocycles. The van der Waals surface area contributed by atoms with Gasteiger partial charge in [-0.05, 0) is 24.3 Å². The Morgan fingerprint density at radius 3 is 2.14 bits per heavy atom. The number of hydrogen-bond acceptors (Lipinski definition) is 4. The highest BCUT2D eigenvalue weighted by molar-refractivity contribution is 5.72. The van der Waals surface area contributed by atoms with Crippen LogP contribution in [0.15, 0.2) is 54.6 Å². The highest BCUT2D eigenvalue weighted by atomic mass is 16.5. The van der Waals surface area contributed by atoms with Crippen molar-refractivity contribution < 1.29 is 9.47 Å². The van der Waals surface area contributed by atoms with E-state index in [4.69, 9.17) is 9.47 Å². The molecule has 0 aliphatic rings. The van der Waals surface area contributed by atoms with Gasteiger partial charge in [0.2, 0.25) is 0 Å². The molecule has 2 aromatic carbocycles. The zero-order valence-electron chi connectivity index (χ0n) is 11.7. The molecule has 21 heavy (non-hydrogen) atoms. The number of hydrogen-bond donors (Lipinski definition) is 0. The van der Waals surface area contributed by atoms with E-state index in [0.717, 1.165) is 16.8 Å². The summed E-state index contributed by atoms with van der Waals surface area (Å²) in [5.74, 6) is 0.862. The summed E-state index contributed by atoms with van der Waals surface area (Å²) in [5, 5.41) is 8.74. The van der Waals surface area contributed by atoms with Crippen molar-refractivity contribution in [2.24, 2.45) is 0 Å². The average Bonchev–Trinajstić information content (AvgIpc) is 2.94. The van der Waals surface area contributed by atoms with Crippen LogP contribution in [-0.2, 0) is 11.3 Å². The number of nitrogens with zero attached hydrogens (tertiary/aromatic N) is 3. The van der Waals surface area contributed by atoms with E-state index in [0.29, 0.717) is 26.4 Å². The first kappa shape index (κ1) is 13.6. The van der Waals surface area contributed by atoms with Crippen LogP contribution >= 0.6 is 0 Å². The second-order valence-electron chi connectivity index (χ2n) is 4.56. The lowest BCUT2D eigenvalue weighted by molar-refractivity contribution is 0.0906. The second-order valence-corrected chi connectivity index (χ2v) is 4.56. The van der Waals surface area contributed by atoms with E-state index in [1.165, 1.54) is 0 Å². The summed E-state index contributed by atoms with van der Waals surface area (Å²) in [5.41, 5.74) is 1.81. The number of para-hydroxylation sites is 1. The number of benzene rings is 2. The first-order chi connectivity index (χ1) is 10.4. The summed E-state index contributed by atoms with van der Waals surface area (Å²) in [4.78, 5) is 1.67. The van der Waals surface area contributed by atoms with E-state index in [9.17, 15) is 0 Å². The third kappa shape index (κ3) is 3.79. The number of aromatic nitrogens is 3. The summed E-state index contributed by atoms with van der Waals surface area (Å²) >= 11 is 0. The molecule has 108 valence electrons. The molecule has 0 saturated carbocycles. The van der Waals surface area contributed by atoms with Crippen molar-refractivity contribution in [2.75, 3.05) is 19.8 Å². The van der Waals surface area contributed by atoms with Gasteiger partial charge in [0.25, 0.3) is 0 Å². The van der Waals surface area contributed by atoms with Gasteiger partial charge < -0.3 is 9.47 Å². The van der Waals surface area contributed by atoms with Gasteiger partial charge in [-0.3, -0.25) is 0 Å². The van der Waals surface area contributed by atoms with E-state index in [1.807, 2.05) is 54.6 Å². The van der Waals surface area contributed by atoms with Gasteiger partial charge in [0, 0.05) is 0 Å². The third-order valence-corrected chi connectivity index (χ3v) is 3.00. The number of fused-ring (bicyclic) bond motifs is 1. The Kier molecular flexibility index (Phi) is 4.43. The largest absolute Gasteiger partial charge is 0.491 e. The molecule has 0 saturated heterocycles. The van der Waals surface area contributed by atoms with Gasteiger partial charge in [-0.15, -0.1) is 0 Å². The Labute approximate surface area is 123 Å². The van der Waals surface area contributed by atoms with Gasteiger partial charge in [0.05, 0.1) is 19.8 Å². The summed E-state index contributed by atoms with van der Waals surface area (Å²) in [7, 11) is 0.